The summed E-state index contributed by atoms with van der Waals surface area (Å²) in [5, 5.41) is 8.89. The largest absolute Gasteiger partial charge is 0.477 e. The normalized spacial score (nSPS) is 10.5. The van der Waals surface area contributed by atoms with Crippen LogP contribution in [0.25, 0.3) is 0 Å². The molecule has 0 saturated carbocycles. The number of carboxylic acid groups (broad SMARTS) is 1. The highest BCUT2D eigenvalue weighted by Gasteiger charge is 2.07. The van der Waals surface area contributed by atoms with E-state index in [0.29, 0.717) is 6.54 Å². The summed E-state index contributed by atoms with van der Waals surface area (Å²) in [4.78, 5) is 19.2. The van der Waals surface area contributed by atoms with E-state index in [4.69, 9.17) is 5.11 Å². The van der Waals surface area contributed by atoms with Gasteiger partial charge in [0, 0.05) is 18.8 Å². The predicted octanol–water partition coefficient (Wildman–Crippen LogP) is 1.98. The molecule has 0 aliphatic rings. The Bertz CT molecular complexity index is 549. The van der Waals surface area contributed by atoms with Crippen molar-refractivity contribution in [1.29, 1.82) is 0 Å². The Kier molecular flexibility index (Phi) is 3.72. The lowest BCUT2D eigenvalue weighted by Crippen LogP contribution is -2.08. The third-order valence-electron chi connectivity index (χ3n) is 2.63. The zero-order chi connectivity index (χ0) is 13.0. The highest BCUT2D eigenvalue weighted by atomic mass is 16.4. The Balaban J connectivity index is 2.20. The number of aromatic carboxylic acids is 1. The predicted molar refractivity (Wildman–Crippen MR) is 66.5 cm³/mol. The van der Waals surface area contributed by atoms with Gasteiger partial charge in [0.15, 0.2) is 0 Å². The number of aryl methyl sites for hydroxylation is 1. The van der Waals surface area contributed by atoms with Crippen LogP contribution in [-0.2, 0) is 13.0 Å². The maximum Gasteiger partial charge on any atom is 0.354 e. The topological polar surface area (TPSA) is 68.0 Å². The van der Waals surface area contributed by atoms with Gasteiger partial charge in [-0.05, 0) is 18.6 Å². The number of carboxylic acids is 1. The molecule has 0 aliphatic carbocycles. The average molecular weight is 245 g/mol. The molecule has 18 heavy (non-hydrogen) atoms. The van der Waals surface area contributed by atoms with Crippen molar-refractivity contribution < 1.29 is 9.90 Å². The number of pyridine rings is 1. The number of carbonyl (C=O) groups is 1. The van der Waals surface area contributed by atoms with Gasteiger partial charge in [-0.2, -0.15) is 0 Å². The van der Waals surface area contributed by atoms with Crippen LogP contribution >= 0.6 is 0 Å². The molecule has 0 radical (unpaired) electrons. The second-order valence-corrected chi connectivity index (χ2v) is 4.04. The Labute approximate surface area is 105 Å². The van der Waals surface area contributed by atoms with Gasteiger partial charge in [-0.1, -0.05) is 13.0 Å². The molecule has 1 N–H and O–H groups in total. The summed E-state index contributed by atoms with van der Waals surface area (Å²) in [6, 6.07) is 5.02. The highest BCUT2D eigenvalue weighted by Crippen LogP contribution is 2.06. The molecule has 5 heteroatoms. The Morgan fingerprint density at radius 3 is 3.00 bits per heavy atom. The summed E-state index contributed by atoms with van der Waals surface area (Å²) in [5.41, 5.74) is 0.801. The lowest BCUT2D eigenvalue weighted by atomic mass is 10.3. The fourth-order valence-electron chi connectivity index (χ4n) is 1.80. The number of imidazole rings is 1. The van der Waals surface area contributed by atoms with Crippen molar-refractivity contribution in [2.24, 2.45) is 0 Å². The molecule has 2 heterocycles. The monoisotopic (exact) mass is 245 g/mol. The van der Waals surface area contributed by atoms with Crippen LogP contribution < -0.4 is 0 Å². The van der Waals surface area contributed by atoms with E-state index in [-0.39, 0.29) is 5.69 Å². The first-order chi connectivity index (χ1) is 8.70. The van der Waals surface area contributed by atoms with Crippen LogP contribution in [-0.4, -0.2) is 25.6 Å². The summed E-state index contributed by atoms with van der Waals surface area (Å²) < 4.78 is 2.00. The van der Waals surface area contributed by atoms with Crippen molar-refractivity contribution in [2.75, 3.05) is 0 Å². The molecule has 0 saturated heterocycles. The number of hydrogen-bond donors (Lipinski definition) is 1. The SMILES string of the molecule is CCCc1nccn1Cc1cccc(C(=O)O)n1. The minimum Gasteiger partial charge on any atom is -0.477 e. The van der Waals surface area contributed by atoms with Crippen LogP contribution in [0.2, 0.25) is 0 Å². The lowest BCUT2D eigenvalue weighted by molar-refractivity contribution is 0.0690. The first-order valence-corrected chi connectivity index (χ1v) is 5.90. The summed E-state index contributed by atoms with van der Waals surface area (Å²) in [7, 11) is 0. The van der Waals surface area contributed by atoms with Crippen LogP contribution in [0.5, 0.6) is 0 Å². The van der Waals surface area contributed by atoms with Crippen molar-refractivity contribution in [3.63, 3.8) is 0 Å². The lowest BCUT2D eigenvalue weighted by Gasteiger charge is -2.07. The van der Waals surface area contributed by atoms with Crippen LogP contribution in [0.3, 0.4) is 0 Å². The second-order valence-electron chi connectivity index (χ2n) is 4.04. The molecule has 0 aromatic carbocycles. The molecule has 2 rings (SSSR count). The number of hydrogen-bond acceptors (Lipinski definition) is 3. The standard InChI is InChI=1S/C13H15N3O2/c1-2-4-12-14-7-8-16(12)9-10-5-3-6-11(15-10)13(17)18/h3,5-8H,2,4,9H2,1H3,(H,17,18). The van der Waals surface area contributed by atoms with E-state index >= 15 is 0 Å². The first-order valence-electron chi connectivity index (χ1n) is 5.90. The smallest absolute Gasteiger partial charge is 0.354 e. The fraction of sp³-hybridized carbons (Fsp3) is 0.308. The van der Waals surface area contributed by atoms with Crippen molar-refractivity contribution in [2.45, 2.75) is 26.3 Å². The van der Waals surface area contributed by atoms with Crippen LogP contribution in [0, 0.1) is 0 Å². The van der Waals surface area contributed by atoms with Gasteiger partial charge < -0.3 is 9.67 Å². The maximum absolute atomic E-state index is 10.8. The molecule has 0 unspecified atom stereocenters. The minimum absolute atomic E-state index is 0.0738. The third-order valence-corrected chi connectivity index (χ3v) is 2.63. The Hall–Kier alpha value is -2.17. The molecule has 94 valence electrons. The number of nitrogens with zero attached hydrogens (tertiary/aromatic N) is 3. The van der Waals surface area contributed by atoms with E-state index in [0.717, 1.165) is 24.4 Å². The molecule has 0 spiro atoms. The molecular formula is C13H15N3O2. The number of rotatable bonds is 5. The molecule has 5 nitrogen and oxygen atoms in total. The molecular weight excluding hydrogens is 230 g/mol. The summed E-state index contributed by atoms with van der Waals surface area (Å²) in [5.74, 6) is -0.00343. The van der Waals surface area contributed by atoms with Crippen LogP contribution in [0.4, 0.5) is 0 Å². The van der Waals surface area contributed by atoms with Gasteiger partial charge in [0.1, 0.15) is 11.5 Å². The van der Waals surface area contributed by atoms with Crippen molar-refractivity contribution in [3.8, 4) is 0 Å². The van der Waals surface area contributed by atoms with Gasteiger partial charge in [0.2, 0.25) is 0 Å². The molecule has 0 atom stereocenters. The van der Waals surface area contributed by atoms with Crippen LogP contribution in [0.15, 0.2) is 30.6 Å². The molecule has 0 amide bonds. The van der Waals surface area contributed by atoms with E-state index in [2.05, 4.69) is 16.9 Å². The minimum atomic E-state index is -1.00. The van der Waals surface area contributed by atoms with Gasteiger partial charge in [0.25, 0.3) is 0 Å². The quantitative estimate of drug-likeness (QED) is 0.874. The van der Waals surface area contributed by atoms with Crippen molar-refractivity contribution in [3.05, 3.63) is 47.8 Å². The van der Waals surface area contributed by atoms with Crippen LogP contribution in [0.1, 0.15) is 35.4 Å². The molecule has 0 fully saturated rings. The number of aromatic nitrogens is 3. The zero-order valence-corrected chi connectivity index (χ0v) is 10.2. The van der Waals surface area contributed by atoms with Crippen molar-refractivity contribution >= 4 is 5.97 Å². The second kappa shape index (κ2) is 5.44. The van der Waals surface area contributed by atoms with E-state index in [1.54, 1.807) is 12.3 Å². The molecule has 0 bridgehead atoms. The maximum atomic E-state index is 10.8. The zero-order valence-electron chi connectivity index (χ0n) is 10.2. The molecule has 2 aromatic heterocycles. The van der Waals surface area contributed by atoms with E-state index < -0.39 is 5.97 Å². The van der Waals surface area contributed by atoms with E-state index in [1.165, 1.54) is 6.07 Å². The van der Waals surface area contributed by atoms with Crippen molar-refractivity contribution in [1.82, 2.24) is 14.5 Å². The average Bonchev–Trinajstić information content (AvgIpc) is 2.77. The molecule has 2 aromatic rings. The van der Waals surface area contributed by atoms with Gasteiger partial charge >= 0.3 is 5.97 Å². The fourth-order valence-corrected chi connectivity index (χ4v) is 1.80. The summed E-state index contributed by atoms with van der Waals surface area (Å²) in [6.45, 7) is 2.65. The Morgan fingerprint density at radius 2 is 2.28 bits per heavy atom. The van der Waals surface area contributed by atoms with Gasteiger partial charge in [-0.3, -0.25) is 0 Å². The van der Waals surface area contributed by atoms with E-state index in [9.17, 15) is 4.79 Å². The van der Waals surface area contributed by atoms with Gasteiger partial charge in [-0.15, -0.1) is 0 Å². The highest BCUT2D eigenvalue weighted by molar-refractivity contribution is 5.85. The summed E-state index contributed by atoms with van der Waals surface area (Å²) >= 11 is 0. The molecule has 0 aliphatic heterocycles. The third kappa shape index (κ3) is 2.74. The van der Waals surface area contributed by atoms with Gasteiger partial charge in [-0.25, -0.2) is 14.8 Å². The first kappa shape index (κ1) is 12.3. The van der Waals surface area contributed by atoms with E-state index in [1.807, 2.05) is 16.8 Å². The summed E-state index contributed by atoms with van der Waals surface area (Å²) in [6.07, 6.45) is 5.58. The Morgan fingerprint density at radius 1 is 1.44 bits per heavy atom. The van der Waals surface area contributed by atoms with Gasteiger partial charge in [0.05, 0.1) is 12.2 Å².